The van der Waals surface area contributed by atoms with Crippen molar-refractivity contribution in [2.45, 2.75) is 32.7 Å². The van der Waals surface area contributed by atoms with Gasteiger partial charge in [0.1, 0.15) is 0 Å². The number of rotatable bonds is 6. The molecule has 1 saturated heterocycles. The van der Waals surface area contributed by atoms with Crippen LogP contribution in [0.5, 0.6) is 0 Å². The number of hydrogen-bond donors (Lipinski definition) is 2. The van der Waals surface area contributed by atoms with Gasteiger partial charge in [-0.15, -0.1) is 0 Å². The monoisotopic (exact) mass is 346 g/mol. The molecular formula is C19H30N4O2. The fraction of sp³-hybridized carbons (Fsp3) is 0.632. The topological polar surface area (TPSA) is 59.0 Å². The van der Waals surface area contributed by atoms with Gasteiger partial charge in [0.25, 0.3) is 0 Å². The minimum Gasteiger partial charge on any atom is -0.395 e. The molecule has 3 rings (SSSR count). The van der Waals surface area contributed by atoms with Gasteiger partial charge in [-0.05, 0) is 50.1 Å². The molecule has 1 saturated carbocycles. The summed E-state index contributed by atoms with van der Waals surface area (Å²) in [6.45, 7) is 10.1. The SMILES string of the molecule is CCN1CCN(c2ccc(NC(=O)N(CCO)C3CC3)c(C)c2)CC1. The lowest BCUT2D eigenvalue weighted by molar-refractivity contribution is 0.185. The number of carbonyl (C=O) groups is 1. The molecule has 6 nitrogen and oxygen atoms in total. The molecule has 2 fully saturated rings. The van der Waals surface area contributed by atoms with Crippen LogP contribution in [0.25, 0.3) is 0 Å². The first kappa shape index (κ1) is 18.0. The Hall–Kier alpha value is -1.79. The smallest absolute Gasteiger partial charge is 0.322 e. The first-order valence-corrected chi connectivity index (χ1v) is 9.38. The van der Waals surface area contributed by atoms with Gasteiger partial charge in [-0.3, -0.25) is 0 Å². The number of piperazine rings is 1. The van der Waals surface area contributed by atoms with E-state index >= 15 is 0 Å². The largest absolute Gasteiger partial charge is 0.395 e. The zero-order valence-electron chi connectivity index (χ0n) is 15.4. The molecule has 6 heteroatoms. The maximum Gasteiger partial charge on any atom is 0.322 e. The van der Waals surface area contributed by atoms with Crippen LogP contribution in [0.4, 0.5) is 16.2 Å². The fourth-order valence-corrected chi connectivity index (χ4v) is 3.44. The first-order chi connectivity index (χ1) is 12.1. The number of anilines is 2. The predicted molar refractivity (Wildman–Crippen MR) is 101 cm³/mol. The van der Waals surface area contributed by atoms with Crippen molar-refractivity contribution in [1.82, 2.24) is 9.80 Å². The van der Waals surface area contributed by atoms with Gasteiger partial charge in [0, 0.05) is 50.1 Å². The lowest BCUT2D eigenvalue weighted by Gasteiger charge is -2.35. The molecule has 1 aliphatic heterocycles. The second kappa shape index (κ2) is 8.06. The number of aryl methyl sites for hydroxylation is 1. The summed E-state index contributed by atoms with van der Waals surface area (Å²) in [5, 5.41) is 12.2. The highest BCUT2D eigenvalue weighted by atomic mass is 16.3. The Kier molecular flexibility index (Phi) is 5.81. The summed E-state index contributed by atoms with van der Waals surface area (Å²) < 4.78 is 0. The van der Waals surface area contributed by atoms with Gasteiger partial charge in [0.2, 0.25) is 0 Å². The summed E-state index contributed by atoms with van der Waals surface area (Å²) in [7, 11) is 0. The van der Waals surface area contributed by atoms with Gasteiger partial charge >= 0.3 is 6.03 Å². The van der Waals surface area contributed by atoms with Crippen molar-refractivity contribution in [3.05, 3.63) is 23.8 Å². The van der Waals surface area contributed by atoms with E-state index in [0.29, 0.717) is 12.6 Å². The molecule has 1 heterocycles. The minimum absolute atomic E-state index is 0.00553. The number of benzene rings is 1. The molecule has 0 radical (unpaired) electrons. The quantitative estimate of drug-likeness (QED) is 0.828. The Morgan fingerprint density at radius 3 is 2.56 bits per heavy atom. The zero-order chi connectivity index (χ0) is 17.8. The Morgan fingerprint density at radius 2 is 2.00 bits per heavy atom. The maximum absolute atomic E-state index is 12.5. The van der Waals surface area contributed by atoms with Gasteiger partial charge < -0.3 is 25.1 Å². The van der Waals surface area contributed by atoms with Crippen LogP contribution in [-0.2, 0) is 0 Å². The van der Waals surface area contributed by atoms with E-state index in [1.807, 2.05) is 13.0 Å². The van der Waals surface area contributed by atoms with Crippen molar-refractivity contribution in [3.8, 4) is 0 Å². The van der Waals surface area contributed by atoms with E-state index < -0.39 is 0 Å². The maximum atomic E-state index is 12.5. The first-order valence-electron chi connectivity index (χ1n) is 9.38. The highest BCUT2D eigenvalue weighted by molar-refractivity contribution is 5.91. The van der Waals surface area contributed by atoms with Crippen molar-refractivity contribution < 1.29 is 9.90 Å². The fourth-order valence-electron chi connectivity index (χ4n) is 3.44. The number of carbonyl (C=O) groups excluding carboxylic acids is 1. The normalized spacial score (nSPS) is 18.3. The van der Waals surface area contributed by atoms with Crippen LogP contribution in [0.1, 0.15) is 25.3 Å². The lowest BCUT2D eigenvalue weighted by atomic mass is 10.1. The third-order valence-electron chi connectivity index (χ3n) is 5.23. The van der Waals surface area contributed by atoms with E-state index in [2.05, 4.69) is 34.2 Å². The summed E-state index contributed by atoms with van der Waals surface area (Å²) in [5.74, 6) is 0. The molecule has 25 heavy (non-hydrogen) atoms. The van der Waals surface area contributed by atoms with Crippen LogP contribution >= 0.6 is 0 Å². The number of aliphatic hydroxyl groups excluding tert-OH is 1. The van der Waals surface area contributed by atoms with Gasteiger partial charge in [0.05, 0.1) is 6.61 Å². The molecule has 2 amide bonds. The average Bonchev–Trinajstić information content (AvgIpc) is 3.46. The van der Waals surface area contributed by atoms with Crippen molar-refractivity contribution in [2.75, 3.05) is 56.1 Å². The summed E-state index contributed by atoms with van der Waals surface area (Å²) in [4.78, 5) is 19.1. The second-order valence-corrected chi connectivity index (χ2v) is 7.00. The third kappa shape index (κ3) is 4.44. The Bertz CT molecular complexity index is 595. The second-order valence-electron chi connectivity index (χ2n) is 7.00. The van der Waals surface area contributed by atoms with E-state index in [1.54, 1.807) is 4.90 Å². The van der Waals surface area contributed by atoms with Gasteiger partial charge in [-0.1, -0.05) is 6.92 Å². The Morgan fingerprint density at radius 1 is 1.28 bits per heavy atom. The van der Waals surface area contributed by atoms with E-state index in [4.69, 9.17) is 5.11 Å². The van der Waals surface area contributed by atoms with Gasteiger partial charge in [-0.2, -0.15) is 0 Å². The minimum atomic E-state index is -0.107. The van der Waals surface area contributed by atoms with E-state index in [0.717, 1.165) is 56.8 Å². The summed E-state index contributed by atoms with van der Waals surface area (Å²) in [6.07, 6.45) is 2.07. The molecule has 1 aromatic carbocycles. The summed E-state index contributed by atoms with van der Waals surface area (Å²) in [5.41, 5.74) is 3.15. The number of nitrogens with one attached hydrogen (secondary N) is 1. The Labute approximate surface area is 150 Å². The molecule has 0 aromatic heterocycles. The average molecular weight is 346 g/mol. The van der Waals surface area contributed by atoms with Gasteiger partial charge in [-0.25, -0.2) is 4.79 Å². The molecule has 2 N–H and O–H groups in total. The van der Waals surface area contributed by atoms with E-state index in [9.17, 15) is 4.79 Å². The van der Waals surface area contributed by atoms with Crippen LogP contribution in [0.15, 0.2) is 18.2 Å². The highest BCUT2D eigenvalue weighted by Gasteiger charge is 2.32. The van der Waals surface area contributed by atoms with Crippen molar-refractivity contribution in [1.29, 1.82) is 0 Å². The molecular weight excluding hydrogens is 316 g/mol. The van der Waals surface area contributed by atoms with Crippen LogP contribution in [0.2, 0.25) is 0 Å². The number of urea groups is 1. The van der Waals surface area contributed by atoms with Crippen LogP contribution in [0.3, 0.4) is 0 Å². The van der Waals surface area contributed by atoms with E-state index in [-0.39, 0.29) is 12.6 Å². The number of amides is 2. The van der Waals surface area contributed by atoms with E-state index in [1.165, 1.54) is 5.69 Å². The molecule has 0 bridgehead atoms. The number of nitrogens with zero attached hydrogens (tertiary/aromatic N) is 3. The van der Waals surface area contributed by atoms with Crippen molar-refractivity contribution in [2.24, 2.45) is 0 Å². The number of likely N-dealkylation sites (N-methyl/N-ethyl adjacent to an activating group) is 1. The number of hydrogen-bond acceptors (Lipinski definition) is 4. The molecule has 0 spiro atoms. The molecule has 1 aliphatic carbocycles. The summed E-state index contributed by atoms with van der Waals surface area (Å²) in [6, 6.07) is 6.44. The lowest BCUT2D eigenvalue weighted by Crippen LogP contribution is -2.46. The summed E-state index contributed by atoms with van der Waals surface area (Å²) >= 11 is 0. The predicted octanol–water partition coefficient (Wildman–Crippen LogP) is 2.13. The third-order valence-corrected chi connectivity index (χ3v) is 5.23. The van der Waals surface area contributed by atoms with Crippen LogP contribution in [-0.4, -0.2) is 72.9 Å². The molecule has 1 aromatic rings. The van der Waals surface area contributed by atoms with Gasteiger partial charge in [0.15, 0.2) is 0 Å². The molecule has 2 aliphatic rings. The number of aliphatic hydroxyl groups is 1. The van der Waals surface area contributed by atoms with Crippen LogP contribution < -0.4 is 10.2 Å². The molecule has 138 valence electrons. The van der Waals surface area contributed by atoms with Crippen molar-refractivity contribution in [3.63, 3.8) is 0 Å². The molecule has 0 unspecified atom stereocenters. The van der Waals surface area contributed by atoms with Crippen LogP contribution in [0, 0.1) is 6.92 Å². The van der Waals surface area contributed by atoms with Crippen molar-refractivity contribution >= 4 is 17.4 Å². The highest BCUT2D eigenvalue weighted by Crippen LogP contribution is 2.28. The Balaban J connectivity index is 1.62. The standard InChI is InChI=1S/C19H30N4O2/c1-3-21-8-10-22(11-9-21)17-6-7-18(15(2)14-17)20-19(25)23(12-13-24)16-4-5-16/h6-7,14,16,24H,3-5,8-13H2,1-2H3,(H,20,25). The zero-order valence-corrected chi connectivity index (χ0v) is 15.4. The molecule has 0 atom stereocenters.